The van der Waals surface area contributed by atoms with Crippen LogP contribution in [0.15, 0.2) is 30.3 Å². The predicted molar refractivity (Wildman–Crippen MR) is 122 cm³/mol. The molecule has 11 heteroatoms. The van der Waals surface area contributed by atoms with E-state index in [1.807, 2.05) is 19.9 Å². The average Bonchev–Trinajstić information content (AvgIpc) is 3.24. The molecule has 0 saturated heterocycles. The second-order valence-corrected chi connectivity index (χ2v) is 8.75. The predicted octanol–water partition coefficient (Wildman–Crippen LogP) is 4.59. The minimum absolute atomic E-state index is 0.00807. The summed E-state index contributed by atoms with van der Waals surface area (Å²) in [6.45, 7) is 3.34. The van der Waals surface area contributed by atoms with Gasteiger partial charge in [0.2, 0.25) is 6.41 Å². The van der Waals surface area contributed by atoms with E-state index < -0.39 is 11.9 Å². The standard InChI is InChI=1S/C21H20Cl2FN3O4S/c1-11(2)31-18-4-3-12(5-16(18)23)20-26-27-21(32-20)14-6-17(24)19(7-15(14)22)30-9-13(8-28)25-10-29/h3-7,10-11,13,28H,8-9H2,1-2H3,(H,25,29)/t13-/m1/s1. The van der Waals surface area contributed by atoms with Crippen LogP contribution in [-0.4, -0.2) is 47.1 Å². The summed E-state index contributed by atoms with van der Waals surface area (Å²) in [7, 11) is 0. The summed E-state index contributed by atoms with van der Waals surface area (Å²) in [5.74, 6) is -0.202. The molecule has 0 aliphatic heterocycles. The third kappa shape index (κ3) is 5.86. The molecule has 0 saturated carbocycles. The highest BCUT2D eigenvalue weighted by Gasteiger charge is 2.18. The first-order chi connectivity index (χ1) is 15.3. The van der Waals surface area contributed by atoms with Gasteiger partial charge in [0.05, 0.1) is 28.8 Å². The smallest absolute Gasteiger partial charge is 0.207 e. The Balaban J connectivity index is 1.80. The van der Waals surface area contributed by atoms with Crippen LogP contribution in [0.2, 0.25) is 10.0 Å². The first-order valence-electron chi connectivity index (χ1n) is 9.55. The highest BCUT2D eigenvalue weighted by Crippen LogP contribution is 2.38. The first-order valence-corrected chi connectivity index (χ1v) is 11.1. The molecular formula is C21H20Cl2FN3O4S. The van der Waals surface area contributed by atoms with Gasteiger partial charge in [0.25, 0.3) is 0 Å². The summed E-state index contributed by atoms with van der Waals surface area (Å²) in [6, 6.07) is 7.16. The number of hydrogen-bond donors (Lipinski definition) is 2. The number of hydrogen-bond acceptors (Lipinski definition) is 7. The first kappa shape index (κ1) is 24.2. The van der Waals surface area contributed by atoms with Crippen LogP contribution < -0.4 is 14.8 Å². The van der Waals surface area contributed by atoms with Crippen molar-refractivity contribution in [3.05, 3.63) is 46.2 Å². The van der Waals surface area contributed by atoms with Gasteiger partial charge in [0.15, 0.2) is 11.6 Å². The minimum Gasteiger partial charge on any atom is -0.489 e. The van der Waals surface area contributed by atoms with Crippen LogP contribution in [0.3, 0.4) is 0 Å². The molecule has 2 aromatic carbocycles. The number of carbonyl (C=O) groups is 1. The van der Waals surface area contributed by atoms with E-state index in [9.17, 15) is 9.18 Å². The second-order valence-electron chi connectivity index (χ2n) is 6.96. The maximum Gasteiger partial charge on any atom is 0.207 e. The Labute approximate surface area is 198 Å². The maximum absolute atomic E-state index is 14.6. The van der Waals surface area contributed by atoms with E-state index in [-0.39, 0.29) is 30.1 Å². The van der Waals surface area contributed by atoms with Crippen molar-refractivity contribution in [3.63, 3.8) is 0 Å². The third-order valence-corrected chi connectivity index (χ3v) is 5.80. The number of rotatable bonds is 10. The van der Waals surface area contributed by atoms with Crippen LogP contribution in [0.5, 0.6) is 11.5 Å². The zero-order chi connectivity index (χ0) is 23.3. The number of halogens is 3. The summed E-state index contributed by atoms with van der Waals surface area (Å²) in [5, 5.41) is 21.5. The molecule has 3 aromatic rings. The molecule has 1 atom stereocenters. The van der Waals surface area contributed by atoms with E-state index >= 15 is 0 Å². The van der Waals surface area contributed by atoms with E-state index in [2.05, 4.69) is 15.5 Å². The fourth-order valence-electron chi connectivity index (χ4n) is 2.68. The van der Waals surface area contributed by atoms with Crippen molar-refractivity contribution >= 4 is 40.9 Å². The van der Waals surface area contributed by atoms with Gasteiger partial charge in [-0.25, -0.2) is 4.39 Å². The Hall–Kier alpha value is -2.46. The quantitative estimate of drug-likeness (QED) is 0.396. The summed E-state index contributed by atoms with van der Waals surface area (Å²) < 4.78 is 25.6. The lowest BCUT2D eigenvalue weighted by Gasteiger charge is -2.15. The van der Waals surface area contributed by atoms with Crippen LogP contribution >= 0.6 is 34.5 Å². The number of benzene rings is 2. The molecule has 0 spiro atoms. The monoisotopic (exact) mass is 499 g/mol. The second kappa shape index (κ2) is 10.9. The zero-order valence-electron chi connectivity index (χ0n) is 17.1. The number of nitrogens with zero attached hydrogens (tertiary/aromatic N) is 2. The van der Waals surface area contributed by atoms with E-state index in [1.54, 1.807) is 12.1 Å². The largest absolute Gasteiger partial charge is 0.489 e. The molecule has 32 heavy (non-hydrogen) atoms. The average molecular weight is 500 g/mol. The number of nitrogens with one attached hydrogen (secondary N) is 1. The van der Waals surface area contributed by atoms with E-state index in [1.165, 1.54) is 23.5 Å². The molecule has 0 unspecified atom stereocenters. The molecule has 3 rings (SSSR count). The van der Waals surface area contributed by atoms with Gasteiger partial charge in [-0.3, -0.25) is 4.79 Å². The van der Waals surface area contributed by atoms with Gasteiger partial charge in [-0.1, -0.05) is 34.5 Å². The highest BCUT2D eigenvalue weighted by atomic mass is 35.5. The van der Waals surface area contributed by atoms with Crippen LogP contribution in [0.1, 0.15) is 13.8 Å². The fraction of sp³-hybridized carbons (Fsp3) is 0.286. The Morgan fingerprint density at radius 2 is 1.91 bits per heavy atom. The van der Waals surface area contributed by atoms with Gasteiger partial charge >= 0.3 is 0 Å². The zero-order valence-corrected chi connectivity index (χ0v) is 19.5. The Morgan fingerprint density at radius 3 is 2.56 bits per heavy atom. The van der Waals surface area contributed by atoms with Crippen molar-refractivity contribution in [1.82, 2.24) is 15.5 Å². The normalized spacial score (nSPS) is 12.0. The molecule has 0 aliphatic carbocycles. The summed E-state index contributed by atoms with van der Waals surface area (Å²) in [4.78, 5) is 10.5. The number of aromatic nitrogens is 2. The fourth-order valence-corrected chi connectivity index (χ4v) is 4.07. The van der Waals surface area contributed by atoms with E-state index in [0.29, 0.717) is 32.8 Å². The van der Waals surface area contributed by atoms with Crippen molar-refractivity contribution in [1.29, 1.82) is 0 Å². The lowest BCUT2D eigenvalue weighted by Crippen LogP contribution is -2.36. The molecule has 7 nitrogen and oxygen atoms in total. The number of aliphatic hydroxyl groups is 1. The molecule has 1 heterocycles. The molecule has 0 aliphatic rings. The van der Waals surface area contributed by atoms with Gasteiger partial charge in [-0.05, 0) is 38.1 Å². The Morgan fingerprint density at radius 1 is 1.16 bits per heavy atom. The summed E-state index contributed by atoms with van der Waals surface area (Å²) in [6.07, 6.45) is 0.424. The Kier molecular flexibility index (Phi) is 8.25. The van der Waals surface area contributed by atoms with E-state index in [4.69, 9.17) is 37.8 Å². The van der Waals surface area contributed by atoms with Gasteiger partial charge in [-0.15, -0.1) is 10.2 Å². The molecule has 0 fully saturated rings. The summed E-state index contributed by atoms with van der Waals surface area (Å²) >= 11 is 13.9. The molecular weight excluding hydrogens is 480 g/mol. The number of aliphatic hydroxyl groups excluding tert-OH is 1. The molecule has 0 radical (unpaired) electrons. The van der Waals surface area contributed by atoms with Crippen molar-refractivity contribution in [2.45, 2.75) is 26.0 Å². The van der Waals surface area contributed by atoms with Gasteiger partial charge < -0.3 is 19.9 Å². The van der Waals surface area contributed by atoms with Gasteiger partial charge in [-0.2, -0.15) is 0 Å². The SMILES string of the molecule is CC(C)Oc1ccc(-c2nnc(-c3cc(F)c(OC[C@@H](CO)NC=O)cc3Cl)s2)cc1Cl. The highest BCUT2D eigenvalue weighted by molar-refractivity contribution is 7.18. The van der Waals surface area contributed by atoms with Crippen LogP contribution in [0, 0.1) is 5.82 Å². The Bertz CT molecular complexity index is 1100. The number of carbonyl (C=O) groups excluding carboxylic acids is 1. The molecule has 170 valence electrons. The minimum atomic E-state index is -0.666. The van der Waals surface area contributed by atoms with Crippen molar-refractivity contribution in [2.75, 3.05) is 13.2 Å². The van der Waals surface area contributed by atoms with Gasteiger partial charge in [0, 0.05) is 17.2 Å². The topological polar surface area (TPSA) is 93.6 Å². The number of ether oxygens (including phenoxy) is 2. The van der Waals surface area contributed by atoms with Crippen LogP contribution in [-0.2, 0) is 4.79 Å². The third-order valence-electron chi connectivity index (χ3n) is 4.18. The van der Waals surface area contributed by atoms with Crippen molar-refractivity contribution in [2.24, 2.45) is 0 Å². The molecule has 1 aromatic heterocycles. The summed E-state index contributed by atoms with van der Waals surface area (Å²) in [5.41, 5.74) is 1.10. The van der Waals surface area contributed by atoms with Crippen molar-refractivity contribution < 1.29 is 23.8 Å². The van der Waals surface area contributed by atoms with Crippen LogP contribution in [0.4, 0.5) is 4.39 Å². The van der Waals surface area contributed by atoms with Gasteiger partial charge in [0.1, 0.15) is 22.4 Å². The number of amides is 1. The molecule has 2 N–H and O–H groups in total. The lowest BCUT2D eigenvalue weighted by molar-refractivity contribution is -0.110. The molecule has 0 bridgehead atoms. The lowest BCUT2D eigenvalue weighted by atomic mass is 10.2. The van der Waals surface area contributed by atoms with Crippen molar-refractivity contribution in [3.8, 4) is 32.6 Å². The van der Waals surface area contributed by atoms with Crippen LogP contribution in [0.25, 0.3) is 21.1 Å². The maximum atomic E-state index is 14.6. The molecule has 1 amide bonds. The van der Waals surface area contributed by atoms with E-state index in [0.717, 1.165) is 5.56 Å².